The first-order valence-corrected chi connectivity index (χ1v) is 6.83. The average molecular weight is 262 g/mol. The van der Waals surface area contributed by atoms with Crippen molar-refractivity contribution in [3.8, 4) is 0 Å². The van der Waals surface area contributed by atoms with Gasteiger partial charge in [0.05, 0.1) is 18.8 Å². The third-order valence-corrected chi connectivity index (χ3v) is 3.48. The Labute approximate surface area is 114 Å². The van der Waals surface area contributed by atoms with Crippen LogP contribution in [0.15, 0.2) is 24.3 Å². The van der Waals surface area contributed by atoms with Crippen LogP contribution >= 0.6 is 0 Å². The molecule has 0 spiro atoms. The van der Waals surface area contributed by atoms with Crippen molar-refractivity contribution in [3.63, 3.8) is 0 Å². The SMILES string of the molecule is CC1CN(C(=O)c2cccc(CCN)c2)C(C)CO1. The Morgan fingerprint density at radius 2 is 2.26 bits per heavy atom. The number of morpholine rings is 1. The first-order valence-electron chi connectivity index (χ1n) is 6.83. The molecule has 0 bridgehead atoms. The molecule has 2 N–H and O–H groups in total. The van der Waals surface area contributed by atoms with Crippen LogP contribution in [0.1, 0.15) is 29.8 Å². The van der Waals surface area contributed by atoms with Crippen molar-refractivity contribution >= 4 is 5.91 Å². The number of rotatable bonds is 3. The summed E-state index contributed by atoms with van der Waals surface area (Å²) in [7, 11) is 0. The Hall–Kier alpha value is -1.39. The molecular weight excluding hydrogens is 240 g/mol. The largest absolute Gasteiger partial charge is 0.375 e. The molecule has 0 saturated carbocycles. The van der Waals surface area contributed by atoms with Gasteiger partial charge in [-0.3, -0.25) is 4.79 Å². The number of carbonyl (C=O) groups excluding carboxylic acids is 1. The maximum Gasteiger partial charge on any atom is 0.254 e. The van der Waals surface area contributed by atoms with Gasteiger partial charge in [0.1, 0.15) is 0 Å². The van der Waals surface area contributed by atoms with Crippen molar-refractivity contribution in [2.24, 2.45) is 5.73 Å². The van der Waals surface area contributed by atoms with Crippen molar-refractivity contribution in [2.45, 2.75) is 32.4 Å². The summed E-state index contributed by atoms with van der Waals surface area (Å²) in [6, 6.07) is 7.88. The van der Waals surface area contributed by atoms with Gasteiger partial charge >= 0.3 is 0 Å². The molecule has 4 heteroatoms. The van der Waals surface area contributed by atoms with E-state index in [2.05, 4.69) is 0 Å². The molecule has 1 aliphatic rings. The van der Waals surface area contributed by atoms with E-state index in [0.29, 0.717) is 19.7 Å². The molecule has 0 aliphatic carbocycles. The van der Waals surface area contributed by atoms with E-state index in [9.17, 15) is 4.79 Å². The van der Waals surface area contributed by atoms with Crippen molar-refractivity contribution in [3.05, 3.63) is 35.4 Å². The molecule has 2 atom stereocenters. The van der Waals surface area contributed by atoms with E-state index in [1.165, 1.54) is 0 Å². The number of hydrogen-bond acceptors (Lipinski definition) is 3. The van der Waals surface area contributed by atoms with Crippen LogP contribution in [0, 0.1) is 0 Å². The number of hydrogen-bond donors (Lipinski definition) is 1. The maximum atomic E-state index is 12.6. The fourth-order valence-electron chi connectivity index (χ4n) is 2.38. The summed E-state index contributed by atoms with van der Waals surface area (Å²) >= 11 is 0. The zero-order chi connectivity index (χ0) is 13.8. The second-order valence-corrected chi connectivity index (χ2v) is 5.19. The summed E-state index contributed by atoms with van der Waals surface area (Å²) in [5.74, 6) is 0.0847. The van der Waals surface area contributed by atoms with Crippen molar-refractivity contribution < 1.29 is 9.53 Å². The van der Waals surface area contributed by atoms with Gasteiger partial charge in [0.15, 0.2) is 0 Å². The van der Waals surface area contributed by atoms with Crippen LogP contribution in [0.5, 0.6) is 0 Å². The van der Waals surface area contributed by atoms with Crippen LogP contribution in [-0.2, 0) is 11.2 Å². The quantitative estimate of drug-likeness (QED) is 0.896. The minimum atomic E-state index is 0.0847. The lowest BCUT2D eigenvalue weighted by atomic mass is 10.1. The van der Waals surface area contributed by atoms with E-state index >= 15 is 0 Å². The molecule has 19 heavy (non-hydrogen) atoms. The molecule has 2 rings (SSSR count). The van der Waals surface area contributed by atoms with Gasteiger partial charge in [0.25, 0.3) is 5.91 Å². The second-order valence-electron chi connectivity index (χ2n) is 5.19. The lowest BCUT2D eigenvalue weighted by molar-refractivity contribution is -0.0387. The Balaban J connectivity index is 2.16. The van der Waals surface area contributed by atoms with Gasteiger partial charge in [-0.05, 0) is 44.5 Å². The molecule has 1 saturated heterocycles. The van der Waals surface area contributed by atoms with Crippen molar-refractivity contribution in [1.29, 1.82) is 0 Å². The lowest BCUT2D eigenvalue weighted by Gasteiger charge is -2.36. The summed E-state index contributed by atoms with van der Waals surface area (Å²) in [6.07, 6.45) is 0.906. The summed E-state index contributed by atoms with van der Waals surface area (Å²) in [6.45, 7) is 5.88. The molecule has 1 aliphatic heterocycles. The molecule has 1 heterocycles. The van der Waals surface area contributed by atoms with E-state index in [-0.39, 0.29) is 18.1 Å². The van der Waals surface area contributed by atoms with Gasteiger partial charge < -0.3 is 15.4 Å². The highest BCUT2D eigenvalue weighted by Crippen LogP contribution is 2.16. The predicted molar refractivity (Wildman–Crippen MR) is 75.1 cm³/mol. The second kappa shape index (κ2) is 6.17. The monoisotopic (exact) mass is 262 g/mol. The van der Waals surface area contributed by atoms with Gasteiger partial charge in [0.2, 0.25) is 0 Å². The number of carbonyl (C=O) groups is 1. The van der Waals surface area contributed by atoms with Crippen LogP contribution in [-0.4, -0.2) is 42.6 Å². The maximum absolute atomic E-state index is 12.6. The Morgan fingerprint density at radius 3 is 3.00 bits per heavy atom. The normalized spacial score (nSPS) is 23.4. The molecule has 0 aromatic heterocycles. The van der Waals surface area contributed by atoms with Gasteiger partial charge in [-0.25, -0.2) is 0 Å². The predicted octanol–water partition coefficient (Wildman–Crippen LogP) is 1.44. The van der Waals surface area contributed by atoms with Gasteiger partial charge in [-0.2, -0.15) is 0 Å². The molecule has 0 radical (unpaired) electrons. The first-order chi connectivity index (χ1) is 9.11. The zero-order valence-electron chi connectivity index (χ0n) is 11.6. The fraction of sp³-hybridized carbons (Fsp3) is 0.533. The number of ether oxygens (including phenoxy) is 1. The highest BCUT2D eigenvalue weighted by molar-refractivity contribution is 5.94. The highest BCUT2D eigenvalue weighted by atomic mass is 16.5. The van der Waals surface area contributed by atoms with Crippen LogP contribution in [0.25, 0.3) is 0 Å². The van der Waals surface area contributed by atoms with Crippen LogP contribution < -0.4 is 5.73 Å². The number of benzene rings is 1. The third kappa shape index (κ3) is 3.33. The highest BCUT2D eigenvalue weighted by Gasteiger charge is 2.28. The summed E-state index contributed by atoms with van der Waals surface area (Å²) in [5.41, 5.74) is 7.41. The molecule has 104 valence electrons. The third-order valence-electron chi connectivity index (χ3n) is 3.48. The standard InChI is InChI=1S/C15H22N2O2/c1-11-10-19-12(2)9-17(11)15(18)14-5-3-4-13(8-14)6-7-16/h3-5,8,11-12H,6-7,9-10,16H2,1-2H3. The van der Waals surface area contributed by atoms with Gasteiger partial charge in [0, 0.05) is 12.1 Å². The van der Waals surface area contributed by atoms with Crippen molar-refractivity contribution in [1.82, 2.24) is 4.90 Å². The van der Waals surface area contributed by atoms with Gasteiger partial charge in [-0.15, -0.1) is 0 Å². The average Bonchev–Trinajstić information content (AvgIpc) is 2.41. The molecule has 1 amide bonds. The molecule has 1 aromatic rings. The van der Waals surface area contributed by atoms with Crippen LogP contribution in [0.2, 0.25) is 0 Å². The van der Waals surface area contributed by atoms with E-state index in [1.54, 1.807) is 0 Å². The first kappa shape index (κ1) is 14.0. The fourth-order valence-corrected chi connectivity index (χ4v) is 2.38. The molecule has 1 aromatic carbocycles. The summed E-state index contributed by atoms with van der Waals surface area (Å²) in [5, 5.41) is 0. The summed E-state index contributed by atoms with van der Waals surface area (Å²) in [4.78, 5) is 14.4. The molecular formula is C15H22N2O2. The Morgan fingerprint density at radius 1 is 1.47 bits per heavy atom. The summed E-state index contributed by atoms with van der Waals surface area (Å²) < 4.78 is 5.56. The van der Waals surface area contributed by atoms with E-state index in [1.807, 2.05) is 43.0 Å². The number of nitrogens with zero attached hydrogens (tertiary/aromatic N) is 1. The van der Waals surface area contributed by atoms with Crippen LogP contribution in [0.4, 0.5) is 0 Å². The zero-order valence-corrected chi connectivity index (χ0v) is 11.6. The lowest BCUT2D eigenvalue weighted by Crippen LogP contribution is -2.50. The number of nitrogens with two attached hydrogens (primary N) is 1. The smallest absolute Gasteiger partial charge is 0.254 e. The number of amides is 1. The van der Waals surface area contributed by atoms with E-state index in [4.69, 9.17) is 10.5 Å². The van der Waals surface area contributed by atoms with Gasteiger partial charge in [-0.1, -0.05) is 12.1 Å². The minimum absolute atomic E-state index is 0.0847. The van der Waals surface area contributed by atoms with E-state index < -0.39 is 0 Å². The Kier molecular flexibility index (Phi) is 4.56. The van der Waals surface area contributed by atoms with Crippen molar-refractivity contribution in [2.75, 3.05) is 19.7 Å². The van der Waals surface area contributed by atoms with Crippen LogP contribution in [0.3, 0.4) is 0 Å². The van der Waals surface area contributed by atoms with E-state index in [0.717, 1.165) is 17.5 Å². The molecule has 2 unspecified atom stereocenters. The molecule has 4 nitrogen and oxygen atoms in total. The topological polar surface area (TPSA) is 55.6 Å². The minimum Gasteiger partial charge on any atom is -0.375 e. The Bertz CT molecular complexity index is 448. The molecule has 1 fully saturated rings.